The molecule has 9 nitrogen and oxygen atoms in total. The molecule has 1 aliphatic carbocycles. The molecule has 0 unspecified atom stereocenters. The minimum absolute atomic E-state index is 0.0614. The Morgan fingerprint density at radius 3 is 2.66 bits per heavy atom. The lowest BCUT2D eigenvalue weighted by molar-refractivity contribution is -0.212. The second-order valence-corrected chi connectivity index (χ2v) is 8.94. The van der Waals surface area contributed by atoms with Crippen LogP contribution in [0.5, 0.6) is 0 Å². The number of hydrogen-bond donors (Lipinski definition) is 2. The molecule has 2 aromatic heterocycles. The smallest absolute Gasteiger partial charge is 0.195 e. The summed E-state index contributed by atoms with van der Waals surface area (Å²) in [5.41, 5.74) is 0.301. The highest BCUT2D eigenvalue weighted by atomic mass is 19.2. The molecule has 2 N–H and O–H groups in total. The predicted octanol–water partition coefficient (Wildman–Crippen LogP) is 2.54. The second-order valence-electron chi connectivity index (χ2n) is 8.94. The molecule has 5 rings (SSSR count). The lowest BCUT2D eigenvalue weighted by atomic mass is 9.83. The summed E-state index contributed by atoms with van der Waals surface area (Å²) in [6.45, 7) is -0.476. The van der Waals surface area contributed by atoms with E-state index in [1.807, 2.05) is 6.07 Å². The monoisotopic (exact) mass is 494 g/mol. The Hall–Kier alpha value is -2.80. The zero-order chi connectivity index (χ0) is 24.7. The molecule has 188 valence electrons. The minimum atomic E-state index is -1.62. The number of nitrogens with zero attached hydrogens (tertiary/aromatic N) is 4. The summed E-state index contributed by atoms with van der Waals surface area (Å²) >= 11 is 0. The van der Waals surface area contributed by atoms with Crippen LogP contribution in [0.3, 0.4) is 0 Å². The third kappa shape index (κ3) is 4.35. The van der Waals surface area contributed by atoms with E-state index in [4.69, 9.17) is 14.0 Å². The quantitative estimate of drug-likeness (QED) is 0.482. The van der Waals surface area contributed by atoms with Crippen molar-refractivity contribution in [3.8, 4) is 11.3 Å². The van der Waals surface area contributed by atoms with Crippen molar-refractivity contribution in [2.24, 2.45) is 0 Å². The van der Waals surface area contributed by atoms with Crippen molar-refractivity contribution in [3.05, 3.63) is 53.3 Å². The van der Waals surface area contributed by atoms with Crippen LogP contribution < -0.4 is 0 Å². The normalized spacial score (nSPS) is 27.2. The molecule has 0 radical (unpaired) electrons. The van der Waals surface area contributed by atoms with Gasteiger partial charge in [-0.3, -0.25) is 0 Å². The number of halogens is 3. The van der Waals surface area contributed by atoms with Crippen LogP contribution in [0.15, 0.2) is 28.9 Å². The number of rotatable bonds is 7. The van der Waals surface area contributed by atoms with E-state index in [9.17, 15) is 23.4 Å². The standard InChI is InChI=1S/C23H25F3N4O5/c1-33-23-17(8-12-7-16(35-28-12)11-3-2-4-11)34-18(10-31)22(32)21(23)30-9-15(27-29-30)13-5-6-14(24)20(26)19(13)25/h5-7,9,11,17-18,21-23,31-32H,2-4,8,10H2,1H3/t17-,18-,21+,22+,23+/m1/s1. The van der Waals surface area contributed by atoms with Gasteiger partial charge < -0.3 is 24.2 Å². The first kappa shape index (κ1) is 23.9. The molecule has 1 aromatic carbocycles. The Labute approximate surface area is 198 Å². The van der Waals surface area contributed by atoms with E-state index >= 15 is 0 Å². The summed E-state index contributed by atoms with van der Waals surface area (Å²) in [6, 6.07) is 2.85. The van der Waals surface area contributed by atoms with Crippen molar-refractivity contribution in [1.29, 1.82) is 0 Å². The SMILES string of the molecule is CO[C@@H]1[C@@H](n2cc(-c3ccc(F)c(F)c3F)nn2)[C@@H](O)[C@@H](CO)O[C@@H]1Cc1cc(C2CCC2)on1. The summed E-state index contributed by atoms with van der Waals surface area (Å²) in [5.74, 6) is -3.15. The van der Waals surface area contributed by atoms with Crippen LogP contribution in [-0.2, 0) is 15.9 Å². The first-order valence-corrected chi connectivity index (χ1v) is 11.4. The number of aliphatic hydroxyl groups excluding tert-OH is 2. The molecule has 1 saturated carbocycles. The highest BCUT2D eigenvalue weighted by Gasteiger charge is 2.47. The zero-order valence-corrected chi connectivity index (χ0v) is 18.9. The van der Waals surface area contributed by atoms with Crippen molar-refractivity contribution < 1.29 is 37.4 Å². The van der Waals surface area contributed by atoms with E-state index in [2.05, 4.69) is 15.5 Å². The van der Waals surface area contributed by atoms with Crippen LogP contribution in [0.2, 0.25) is 0 Å². The van der Waals surface area contributed by atoms with Gasteiger partial charge in [0, 0.05) is 31.1 Å². The van der Waals surface area contributed by atoms with Crippen LogP contribution in [0.4, 0.5) is 13.2 Å². The Balaban J connectivity index is 1.43. The molecule has 35 heavy (non-hydrogen) atoms. The molecule has 5 atom stereocenters. The second kappa shape index (κ2) is 9.69. The van der Waals surface area contributed by atoms with Crippen molar-refractivity contribution in [3.63, 3.8) is 0 Å². The van der Waals surface area contributed by atoms with Gasteiger partial charge in [0.25, 0.3) is 0 Å². The summed E-state index contributed by atoms with van der Waals surface area (Å²) in [5, 5.41) is 32.8. The van der Waals surface area contributed by atoms with Crippen LogP contribution >= 0.6 is 0 Å². The molecular weight excluding hydrogens is 469 g/mol. The molecule has 3 heterocycles. The van der Waals surface area contributed by atoms with Crippen LogP contribution in [0.25, 0.3) is 11.3 Å². The number of hydrogen-bond acceptors (Lipinski definition) is 8. The van der Waals surface area contributed by atoms with Gasteiger partial charge in [0.05, 0.1) is 24.6 Å². The van der Waals surface area contributed by atoms with Gasteiger partial charge in [-0.2, -0.15) is 0 Å². The Morgan fingerprint density at radius 2 is 1.97 bits per heavy atom. The van der Waals surface area contributed by atoms with Crippen molar-refractivity contribution in [2.75, 3.05) is 13.7 Å². The third-order valence-corrected chi connectivity index (χ3v) is 6.86. The van der Waals surface area contributed by atoms with Crippen LogP contribution in [0, 0.1) is 17.5 Å². The maximum Gasteiger partial charge on any atom is 0.195 e. The fraction of sp³-hybridized carbons (Fsp3) is 0.522. The number of aliphatic hydroxyl groups is 2. The van der Waals surface area contributed by atoms with E-state index < -0.39 is 54.5 Å². The van der Waals surface area contributed by atoms with E-state index in [1.54, 1.807) is 0 Å². The third-order valence-electron chi connectivity index (χ3n) is 6.86. The molecule has 2 aliphatic rings. The lowest BCUT2D eigenvalue weighted by Crippen LogP contribution is -2.57. The Kier molecular flexibility index (Phi) is 6.62. The summed E-state index contributed by atoms with van der Waals surface area (Å²) in [7, 11) is 1.44. The molecule has 2 fully saturated rings. The zero-order valence-electron chi connectivity index (χ0n) is 18.9. The van der Waals surface area contributed by atoms with Gasteiger partial charge in [-0.1, -0.05) is 16.8 Å². The van der Waals surface area contributed by atoms with Gasteiger partial charge in [-0.25, -0.2) is 17.9 Å². The summed E-state index contributed by atoms with van der Waals surface area (Å²) in [4.78, 5) is 0. The number of ether oxygens (including phenoxy) is 2. The Bertz CT molecular complexity index is 1180. The molecule has 0 amide bonds. The predicted molar refractivity (Wildman–Crippen MR) is 114 cm³/mol. The molecule has 12 heteroatoms. The fourth-order valence-electron chi connectivity index (χ4n) is 4.72. The van der Waals surface area contributed by atoms with E-state index in [1.165, 1.54) is 18.0 Å². The first-order chi connectivity index (χ1) is 16.9. The van der Waals surface area contributed by atoms with Gasteiger partial charge in [0.15, 0.2) is 17.5 Å². The molecule has 3 aromatic rings. The summed E-state index contributed by atoms with van der Waals surface area (Å²) < 4.78 is 59.7. The maximum atomic E-state index is 14.3. The number of methoxy groups -OCH3 is 1. The number of aromatic nitrogens is 4. The van der Waals surface area contributed by atoms with Gasteiger partial charge in [-0.05, 0) is 25.0 Å². The van der Waals surface area contributed by atoms with Gasteiger partial charge in [0.2, 0.25) is 0 Å². The average Bonchev–Trinajstić information content (AvgIpc) is 3.47. The van der Waals surface area contributed by atoms with Crippen LogP contribution in [0.1, 0.15) is 42.7 Å². The molecule has 0 bridgehead atoms. The lowest BCUT2D eigenvalue weighted by Gasteiger charge is -2.43. The van der Waals surface area contributed by atoms with E-state index in [0.29, 0.717) is 11.6 Å². The maximum absolute atomic E-state index is 14.3. The highest BCUT2D eigenvalue weighted by molar-refractivity contribution is 5.58. The van der Waals surface area contributed by atoms with Gasteiger partial charge >= 0.3 is 0 Å². The van der Waals surface area contributed by atoms with Crippen molar-refractivity contribution in [1.82, 2.24) is 20.2 Å². The topological polar surface area (TPSA) is 116 Å². The van der Waals surface area contributed by atoms with Crippen molar-refractivity contribution >= 4 is 0 Å². The fourth-order valence-corrected chi connectivity index (χ4v) is 4.72. The first-order valence-electron chi connectivity index (χ1n) is 11.4. The Morgan fingerprint density at radius 1 is 1.17 bits per heavy atom. The highest BCUT2D eigenvalue weighted by Crippen LogP contribution is 2.38. The number of benzene rings is 1. The van der Waals surface area contributed by atoms with Gasteiger partial charge in [-0.15, -0.1) is 5.10 Å². The largest absolute Gasteiger partial charge is 0.394 e. The molecule has 0 spiro atoms. The van der Waals surface area contributed by atoms with Gasteiger partial charge in [0.1, 0.15) is 35.8 Å². The minimum Gasteiger partial charge on any atom is -0.394 e. The summed E-state index contributed by atoms with van der Waals surface area (Å²) in [6.07, 6.45) is 1.23. The average molecular weight is 494 g/mol. The van der Waals surface area contributed by atoms with Crippen molar-refractivity contribution in [2.45, 2.75) is 62.1 Å². The molecular formula is C23H25F3N4O5. The van der Waals surface area contributed by atoms with Crippen LogP contribution in [-0.4, -0.2) is 68.5 Å². The van der Waals surface area contributed by atoms with E-state index in [0.717, 1.165) is 37.2 Å². The van der Waals surface area contributed by atoms with E-state index in [-0.39, 0.29) is 17.7 Å². The molecule has 1 aliphatic heterocycles. The molecule has 1 saturated heterocycles.